The molecule has 1 fully saturated rings. The summed E-state index contributed by atoms with van der Waals surface area (Å²) in [4.78, 5) is 18.7. The van der Waals surface area contributed by atoms with E-state index in [-0.39, 0.29) is 11.2 Å². The van der Waals surface area contributed by atoms with Crippen molar-refractivity contribution in [1.82, 2.24) is 9.97 Å². The van der Waals surface area contributed by atoms with Gasteiger partial charge in [-0.3, -0.25) is 4.79 Å². The molecule has 0 atom stereocenters. The first-order valence-corrected chi connectivity index (χ1v) is 5.70. The highest BCUT2D eigenvalue weighted by Gasteiger charge is 2.41. The predicted octanol–water partition coefficient (Wildman–Crippen LogP) is 1.87. The Bertz CT molecular complexity index is 432. The largest absolute Gasteiger partial charge is 0.370 e. The van der Waals surface area contributed by atoms with Crippen LogP contribution in [0.3, 0.4) is 0 Å². The highest BCUT2D eigenvalue weighted by Crippen LogP contribution is 2.42. The second kappa shape index (κ2) is 3.72. The molecule has 0 aromatic carbocycles. The lowest BCUT2D eigenvalue weighted by Gasteiger charge is -2.39. The monoisotopic (exact) mass is 272 g/mol. The number of methoxy groups -OCH3 is 1. The summed E-state index contributed by atoms with van der Waals surface area (Å²) in [7, 11) is 1.66. The summed E-state index contributed by atoms with van der Waals surface area (Å²) >= 11 is 3.19. The Morgan fingerprint density at radius 3 is 2.60 bits per heavy atom. The predicted molar refractivity (Wildman–Crippen MR) is 59.8 cm³/mol. The fourth-order valence-corrected chi connectivity index (χ4v) is 2.01. The molecule has 82 valence electrons. The van der Waals surface area contributed by atoms with Crippen LogP contribution in [0.25, 0.3) is 0 Å². The first-order chi connectivity index (χ1) is 7.09. The van der Waals surface area contributed by atoms with E-state index < -0.39 is 0 Å². The number of aromatic amines is 1. The van der Waals surface area contributed by atoms with Crippen LogP contribution in [0, 0.1) is 6.92 Å². The van der Waals surface area contributed by atoms with Crippen LogP contribution in [-0.2, 0) is 10.3 Å². The number of aromatic nitrogens is 2. The van der Waals surface area contributed by atoms with Gasteiger partial charge in [-0.2, -0.15) is 0 Å². The summed E-state index contributed by atoms with van der Waals surface area (Å²) in [6.45, 7) is 1.81. The summed E-state index contributed by atoms with van der Waals surface area (Å²) in [5, 5.41) is 0. The van der Waals surface area contributed by atoms with Crippen LogP contribution < -0.4 is 5.56 Å². The number of rotatable bonds is 2. The van der Waals surface area contributed by atoms with Gasteiger partial charge >= 0.3 is 0 Å². The van der Waals surface area contributed by atoms with E-state index in [4.69, 9.17) is 4.74 Å². The van der Waals surface area contributed by atoms with Gasteiger partial charge in [-0.1, -0.05) is 0 Å². The van der Waals surface area contributed by atoms with Gasteiger partial charge in [0.1, 0.15) is 15.9 Å². The lowest BCUT2D eigenvalue weighted by Crippen LogP contribution is -2.39. The third kappa shape index (κ3) is 1.63. The molecule has 0 aliphatic heterocycles. The maximum absolute atomic E-state index is 11.6. The number of aryl methyl sites for hydroxylation is 1. The van der Waals surface area contributed by atoms with Gasteiger partial charge in [0.2, 0.25) is 0 Å². The average Bonchev–Trinajstić information content (AvgIpc) is 2.13. The van der Waals surface area contributed by atoms with Crippen molar-refractivity contribution in [3.63, 3.8) is 0 Å². The van der Waals surface area contributed by atoms with E-state index in [0.717, 1.165) is 19.3 Å². The molecule has 0 amide bonds. The van der Waals surface area contributed by atoms with Gasteiger partial charge in [0.25, 0.3) is 5.56 Å². The van der Waals surface area contributed by atoms with E-state index in [9.17, 15) is 4.79 Å². The molecule has 0 unspecified atom stereocenters. The van der Waals surface area contributed by atoms with Crippen LogP contribution in [0.2, 0.25) is 0 Å². The Morgan fingerprint density at radius 1 is 1.53 bits per heavy atom. The van der Waals surface area contributed by atoms with Gasteiger partial charge in [0.15, 0.2) is 0 Å². The standard InChI is InChI=1S/C10H13BrN2O2/c1-6-7(11)8(14)13-9(12-6)10(15-2)4-3-5-10/h3-5H2,1-2H3,(H,12,13,14). The number of nitrogens with zero attached hydrogens (tertiary/aromatic N) is 1. The van der Waals surface area contributed by atoms with Gasteiger partial charge < -0.3 is 9.72 Å². The molecule has 4 nitrogen and oxygen atoms in total. The van der Waals surface area contributed by atoms with Crippen molar-refractivity contribution >= 4 is 15.9 Å². The van der Waals surface area contributed by atoms with Crippen molar-refractivity contribution in [3.8, 4) is 0 Å². The second-order valence-electron chi connectivity index (χ2n) is 3.87. The molecule has 15 heavy (non-hydrogen) atoms. The Kier molecular flexibility index (Phi) is 2.68. The second-order valence-corrected chi connectivity index (χ2v) is 4.66. The van der Waals surface area contributed by atoms with E-state index >= 15 is 0 Å². The molecule has 0 saturated heterocycles. The number of nitrogens with one attached hydrogen (secondary N) is 1. The van der Waals surface area contributed by atoms with Gasteiger partial charge in [-0.05, 0) is 42.1 Å². The van der Waals surface area contributed by atoms with Crippen molar-refractivity contribution < 1.29 is 4.74 Å². The van der Waals surface area contributed by atoms with Crippen LogP contribution in [0.5, 0.6) is 0 Å². The first kappa shape index (κ1) is 10.8. The molecular weight excluding hydrogens is 260 g/mol. The Balaban J connectivity index is 2.49. The molecule has 1 heterocycles. The molecule has 1 aromatic rings. The minimum Gasteiger partial charge on any atom is -0.370 e. The highest BCUT2D eigenvalue weighted by molar-refractivity contribution is 9.10. The zero-order valence-electron chi connectivity index (χ0n) is 8.76. The summed E-state index contributed by atoms with van der Waals surface area (Å²) in [5.41, 5.74) is 0.211. The van der Waals surface area contributed by atoms with E-state index in [1.54, 1.807) is 7.11 Å². The summed E-state index contributed by atoms with van der Waals surface area (Å²) in [5.74, 6) is 0.655. The van der Waals surface area contributed by atoms with Crippen LogP contribution >= 0.6 is 15.9 Å². The summed E-state index contributed by atoms with van der Waals surface area (Å²) < 4.78 is 5.96. The Morgan fingerprint density at radius 2 is 2.20 bits per heavy atom. The number of hydrogen-bond donors (Lipinski definition) is 1. The van der Waals surface area contributed by atoms with Crippen LogP contribution in [-0.4, -0.2) is 17.1 Å². The van der Waals surface area contributed by atoms with Crippen molar-refractivity contribution in [1.29, 1.82) is 0 Å². The number of halogens is 1. The summed E-state index contributed by atoms with van der Waals surface area (Å²) in [6, 6.07) is 0. The molecule has 5 heteroatoms. The lowest BCUT2D eigenvalue weighted by molar-refractivity contribution is -0.0849. The van der Waals surface area contributed by atoms with Crippen molar-refractivity contribution in [2.24, 2.45) is 0 Å². The van der Waals surface area contributed by atoms with E-state index in [1.165, 1.54) is 0 Å². The smallest absolute Gasteiger partial charge is 0.265 e. The highest BCUT2D eigenvalue weighted by atomic mass is 79.9. The number of hydrogen-bond acceptors (Lipinski definition) is 3. The number of ether oxygens (including phenoxy) is 1. The quantitative estimate of drug-likeness (QED) is 0.894. The molecule has 2 rings (SSSR count). The molecular formula is C10H13BrN2O2. The van der Waals surface area contributed by atoms with Crippen LogP contribution in [0.1, 0.15) is 30.8 Å². The van der Waals surface area contributed by atoms with Gasteiger partial charge in [-0.15, -0.1) is 0 Å². The molecule has 1 aliphatic rings. The maximum Gasteiger partial charge on any atom is 0.265 e. The fraction of sp³-hybridized carbons (Fsp3) is 0.600. The average molecular weight is 273 g/mol. The summed E-state index contributed by atoms with van der Waals surface area (Å²) in [6.07, 6.45) is 2.97. The zero-order chi connectivity index (χ0) is 11.1. The Labute approximate surface area is 96.2 Å². The molecule has 0 spiro atoms. The molecule has 1 saturated carbocycles. The van der Waals surface area contributed by atoms with Crippen LogP contribution in [0.15, 0.2) is 9.27 Å². The SMILES string of the molecule is COC1(c2nc(C)c(Br)c(=O)[nH]2)CCC1. The zero-order valence-corrected chi connectivity index (χ0v) is 10.3. The van der Waals surface area contributed by atoms with Gasteiger partial charge in [0, 0.05) is 7.11 Å². The van der Waals surface area contributed by atoms with Gasteiger partial charge in [-0.25, -0.2) is 4.98 Å². The van der Waals surface area contributed by atoms with Crippen molar-refractivity contribution in [2.45, 2.75) is 31.8 Å². The molecule has 1 aromatic heterocycles. The van der Waals surface area contributed by atoms with Crippen molar-refractivity contribution in [3.05, 3.63) is 26.3 Å². The molecule has 0 radical (unpaired) electrons. The normalized spacial score (nSPS) is 18.6. The lowest BCUT2D eigenvalue weighted by atomic mass is 9.79. The third-order valence-corrected chi connectivity index (χ3v) is 3.95. The van der Waals surface area contributed by atoms with Crippen molar-refractivity contribution in [2.75, 3.05) is 7.11 Å². The van der Waals surface area contributed by atoms with E-state index in [2.05, 4.69) is 25.9 Å². The third-order valence-electron chi connectivity index (χ3n) is 3.01. The van der Waals surface area contributed by atoms with E-state index in [0.29, 0.717) is 16.0 Å². The van der Waals surface area contributed by atoms with Gasteiger partial charge in [0.05, 0.1) is 5.69 Å². The molecule has 1 aliphatic carbocycles. The maximum atomic E-state index is 11.6. The Hall–Kier alpha value is -0.680. The first-order valence-electron chi connectivity index (χ1n) is 4.91. The minimum atomic E-state index is -0.357. The minimum absolute atomic E-state index is 0.138. The fourth-order valence-electron chi connectivity index (χ4n) is 1.82. The number of H-pyrrole nitrogens is 1. The molecule has 0 bridgehead atoms. The van der Waals surface area contributed by atoms with Crippen LogP contribution in [0.4, 0.5) is 0 Å². The topological polar surface area (TPSA) is 55.0 Å². The van der Waals surface area contributed by atoms with E-state index in [1.807, 2.05) is 6.92 Å². The molecule has 1 N–H and O–H groups in total.